The number of halogens is 2. The SMILES string of the molecule is C=CC(=O)N1CCC(N(C)c2nc(OC[C@]34CCCN3C[C@@H](F)C4)nc3c2CCN(c2cccc4cccc(Cl)c24)C3)C1. The Morgan fingerprint density at radius 1 is 1.21 bits per heavy atom. The van der Waals surface area contributed by atoms with Crippen molar-refractivity contribution in [3.8, 4) is 6.01 Å². The highest BCUT2D eigenvalue weighted by Crippen LogP contribution is 2.41. The van der Waals surface area contributed by atoms with E-state index in [0.717, 1.165) is 77.3 Å². The first-order chi connectivity index (χ1) is 20.8. The van der Waals surface area contributed by atoms with Gasteiger partial charge in [-0.25, -0.2) is 4.39 Å². The Balaban J connectivity index is 1.22. The Morgan fingerprint density at radius 2 is 2.05 bits per heavy atom. The molecular weight excluding hydrogens is 567 g/mol. The number of likely N-dealkylation sites (N-methyl/N-ethyl adjacent to an activating group) is 1. The Hall–Kier alpha value is -3.43. The molecule has 1 unspecified atom stereocenters. The quantitative estimate of drug-likeness (QED) is 0.351. The molecule has 0 saturated carbocycles. The second-order valence-corrected chi connectivity index (χ2v) is 12.9. The van der Waals surface area contributed by atoms with Gasteiger partial charge in [-0.3, -0.25) is 9.69 Å². The largest absolute Gasteiger partial charge is 0.461 e. The summed E-state index contributed by atoms with van der Waals surface area (Å²) in [6.07, 6.45) is 4.65. The van der Waals surface area contributed by atoms with Crippen molar-refractivity contribution in [2.45, 2.75) is 56.4 Å². The van der Waals surface area contributed by atoms with Crippen LogP contribution in [-0.4, -0.2) is 89.8 Å². The van der Waals surface area contributed by atoms with E-state index in [0.29, 0.717) is 45.2 Å². The van der Waals surface area contributed by atoms with Gasteiger partial charge in [-0.15, -0.1) is 0 Å². The summed E-state index contributed by atoms with van der Waals surface area (Å²) in [5.74, 6) is 0.807. The van der Waals surface area contributed by atoms with Crippen LogP contribution in [0.25, 0.3) is 10.8 Å². The molecule has 3 fully saturated rings. The molecule has 4 aliphatic heterocycles. The predicted molar refractivity (Wildman–Crippen MR) is 168 cm³/mol. The van der Waals surface area contributed by atoms with Gasteiger partial charge in [0.25, 0.3) is 0 Å². The molecule has 5 heterocycles. The first-order valence-electron chi connectivity index (χ1n) is 15.3. The van der Waals surface area contributed by atoms with Crippen molar-refractivity contribution in [1.29, 1.82) is 0 Å². The molecule has 0 N–H and O–H groups in total. The average Bonchev–Trinajstić information content (AvgIpc) is 3.73. The van der Waals surface area contributed by atoms with Gasteiger partial charge in [0.05, 0.1) is 22.8 Å². The summed E-state index contributed by atoms with van der Waals surface area (Å²) in [7, 11) is 2.05. The summed E-state index contributed by atoms with van der Waals surface area (Å²) in [5.41, 5.74) is 2.83. The first kappa shape index (κ1) is 28.3. The van der Waals surface area contributed by atoms with E-state index in [-0.39, 0.29) is 17.5 Å². The molecule has 0 spiro atoms. The maximum absolute atomic E-state index is 14.5. The van der Waals surface area contributed by atoms with E-state index in [1.165, 1.54) is 6.08 Å². The molecule has 0 aliphatic carbocycles. The fourth-order valence-corrected chi connectivity index (χ4v) is 7.98. The number of benzene rings is 2. The molecule has 4 aliphatic rings. The van der Waals surface area contributed by atoms with Crippen molar-refractivity contribution in [3.63, 3.8) is 0 Å². The van der Waals surface area contributed by atoms with E-state index in [1.807, 2.05) is 17.0 Å². The number of amides is 1. The van der Waals surface area contributed by atoms with E-state index in [9.17, 15) is 9.18 Å². The molecule has 2 aromatic carbocycles. The van der Waals surface area contributed by atoms with Crippen molar-refractivity contribution in [2.24, 2.45) is 0 Å². The van der Waals surface area contributed by atoms with Crippen LogP contribution in [0.4, 0.5) is 15.9 Å². The minimum absolute atomic E-state index is 0.0443. The van der Waals surface area contributed by atoms with Crippen molar-refractivity contribution in [2.75, 3.05) is 56.2 Å². The molecule has 8 nitrogen and oxygen atoms in total. The number of fused-ring (bicyclic) bond motifs is 3. The zero-order valence-corrected chi connectivity index (χ0v) is 25.4. The van der Waals surface area contributed by atoms with Crippen molar-refractivity contribution in [3.05, 3.63) is 65.3 Å². The normalized spacial score (nSPS) is 25.2. The molecule has 226 valence electrons. The van der Waals surface area contributed by atoms with E-state index in [1.54, 1.807) is 0 Å². The number of carbonyl (C=O) groups excluding carboxylic acids is 1. The average molecular weight is 605 g/mol. The monoisotopic (exact) mass is 604 g/mol. The molecule has 1 aromatic heterocycles. The van der Waals surface area contributed by atoms with Gasteiger partial charge in [-0.05, 0) is 55.8 Å². The minimum Gasteiger partial charge on any atom is -0.461 e. The molecule has 7 rings (SSSR count). The third-order valence-corrected chi connectivity index (χ3v) is 10.3. The second-order valence-electron chi connectivity index (χ2n) is 12.4. The van der Waals surface area contributed by atoms with Crippen LogP contribution >= 0.6 is 11.6 Å². The number of likely N-dealkylation sites (tertiary alicyclic amines) is 1. The highest BCUT2D eigenvalue weighted by Gasteiger charge is 2.49. The Bertz CT molecular complexity index is 1560. The van der Waals surface area contributed by atoms with Crippen LogP contribution in [0.1, 0.15) is 36.9 Å². The molecule has 0 bridgehead atoms. The molecule has 10 heteroatoms. The summed E-state index contributed by atoms with van der Waals surface area (Å²) in [4.78, 5) is 30.9. The number of nitrogens with zero attached hydrogens (tertiary/aromatic N) is 6. The molecule has 1 amide bonds. The van der Waals surface area contributed by atoms with Gasteiger partial charge in [-0.1, -0.05) is 42.4 Å². The summed E-state index contributed by atoms with van der Waals surface area (Å²) in [5, 5.41) is 2.87. The van der Waals surface area contributed by atoms with Gasteiger partial charge in [0.15, 0.2) is 0 Å². The molecule has 43 heavy (non-hydrogen) atoms. The van der Waals surface area contributed by atoms with Crippen LogP contribution in [0, 0.1) is 0 Å². The van der Waals surface area contributed by atoms with Crippen molar-refractivity contribution < 1.29 is 13.9 Å². The number of alkyl halides is 1. The van der Waals surface area contributed by atoms with Crippen LogP contribution in [0.15, 0.2) is 49.1 Å². The number of carbonyl (C=O) groups is 1. The lowest BCUT2D eigenvalue weighted by Crippen LogP contribution is -2.44. The molecule has 0 radical (unpaired) electrons. The van der Waals surface area contributed by atoms with Gasteiger partial charge in [0.2, 0.25) is 5.91 Å². The van der Waals surface area contributed by atoms with E-state index >= 15 is 0 Å². The number of aromatic nitrogens is 2. The standard InChI is InChI=1S/C33H38ClFN6O2/c1-3-29(42)40-15-11-24(19-40)38(2)31-25-12-16-39(28-10-5-8-22-7-4-9-26(34)30(22)28)20-27(25)36-32(37-31)43-21-33-13-6-14-41(33)18-23(35)17-33/h3-5,7-10,23-24H,1,6,11-21H2,2H3/t23-,24?,33+/m0/s1. The Morgan fingerprint density at radius 3 is 2.88 bits per heavy atom. The fraction of sp³-hybridized carbons (Fsp3) is 0.485. The van der Waals surface area contributed by atoms with E-state index in [4.69, 9.17) is 26.3 Å². The Kier molecular flexibility index (Phi) is 7.42. The van der Waals surface area contributed by atoms with Crippen LogP contribution in [0.3, 0.4) is 0 Å². The van der Waals surface area contributed by atoms with Crippen molar-refractivity contribution in [1.82, 2.24) is 19.8 Å². The lowest BCUT2D eigenvalue weighted by atomic mass is 9.95. The smallest absolute Gasteiger partial charge is 0.318 e. The van der Waals surface area contributed by atoms with Gasteiger partial charge in [0, 0.05) is 62.3 Å². The zero-order chi connectivity index (χ0) is 29.7. The van der Waals surface area contributed by atoms with Crippen LogP contribution in [0.5, 0.6) is 6.01 Å². The molecule has 3 atom stereocenters. The van der Waals surface area contributed by atoms with Gasteiger partial charge >= 0.3 is 6.01 Å². The van der Waals surface area contributed by atoms with E-state index in [2.05, 4.69) is 52.6 Å². The van der Waals surface area contributed by atoms with Gasteiger partial charge in [-0.2, -0.15) is 9.97 Å². The second kappa shape index (κ2) is 11.2. The maximum Gasteiger partial charge on any atom is 0.318 e. The van der Waals surface area contributed by atoms with Gasteiger partial charge < -0.3 is 19.4 Å². The van der Waals surface area contributed by atoms with Crippen LogP contribution in [-0.2, 0) is 17.8 Å². The third kappa shape index (κ3) is 5.10. The lowest BCUT2D eigenvalue weighted by Gasteiger charge is -2.35. The summed E-state index contributed by atoms with van der Waals surface area (Å²) in [6, 6.07) is 12.7. The molecule has 3 aromatic rings. The summed E-state index contributed by atoms with van der Waals surface area (Å²) < 4.78 is 20.9. The predicted octanol–water partition coefficient (Wildman–Crippen LogP) is 5.02. The van der Waals surface area contributed by atoms with Crippen LogP contribution < -0.4 is 14.5 Å². The molecular formula is C33H38ClFN6O2. The molecule has 3 saturated heterocycles. The highest BCUT2D eigenvalue weighted by molar-refractivity contribution is 6.36. The maximum atomic E-state index is 14.5. The highest BCUT2D eigenvalue weighted by atomic mass is 35.5. The topological polar surface area (TPSA) is 65.0 Å². The van der Waals surface area contributed by atoms with E-state index < -0.39 is 6.17 Å². The van der Waals surface area contributed by atoms with Gasteiger partial charge in [0.1, 0.15) is 18.6 Å². The lowest BCUT2D eigenvalue weighted by molar-refractivity contribution is -0.125. The zero-order valence-electron chi connectivity index (χ0n) is 24.6. The third-order valence-electron chi connectivity index (χ3n) is 9.96. The Labute approximate surface area is 257 Å². The number of rotatable bonds is 7. The van der Waals surface area contributed by atoms with Crippen LogP contribution in [0.2, 0.25) is 5.02 Å². The summed E-state index contributed by atoms with van der Waals surface area (Å²) >= 11 is 6.70. The number of ether oxygens (including phenoxy) is 1. The first-order valence-corrected chi connectivity index (χ1v) is 15.7. The number of hydrogen-bond acceptors (Lipinski definition) is 7. The minimum atomic E-state index is -0.820. The summed E-state index contributed by atoms with van der Waals surface area (Å²) in [6.45, 7) is 8.12. The fourth-order valence-electron chi connectivity index (χ4n) is 7.70. The van der Waals surface area contributed by atoms with Crippen molar-refractivity contribution >= 4 is 39.8 Å². The number of anilines is 2. The number of hydrogen-bond donors (Lipinski definition) is 0.